The molecule has 1 aliphatic rings. The van der Waals surface area contributed by atoms with Gasteiger partial charge in [0.1, 0.15) is 0 Å². The highest BCUT2D eigenvalue weighted by Gasteiger charge is 2.63. The molecule has 33 heavy (non-hydrogen) atoms. The first-order chi connectivity index (χ1) is 15.9. The molecule has 0 aromatic heterocycles. The van der Waals surface area contributed by atoms with Crippen LogP contribution in [0.25, 0.3) is 0 Å². The highest BCUT2D eigenvalue weighted by Crippen LogP contribution is 2.34. The molecule has 0 spiro atoms. The van der Waals surface area contributed by atoms with Gasteiger partial charge in [0, 0.05) is 0 Å². The van der Waals surface area contributed by atoms with Gasteiger partial charge in [-0.05, 0) is 70.1 Å². The average molecular weight is 487 g/mol. The molecular weight excluding hydrogens is 457 g/mol. The monoisotopic (exact) mass is 486 g/mol. The van der Waals surface area contributed by atoms with Crippen LogP contribution in [0.2, 0.25) is 0 Å². The van der Waals surface area contributed by atoms with Crippen LogP contribution in [0.4, 0.5) is 0 Å². The van der Waals surface area contributed by atoms with Crippen LogP contribution in [0.15, 0.2) is 110 Å². The van der Waals surface area contributed by atoms with Crippen molar-refractivity contribution in [1.29, 1.82) is 0 Å². The summed E-state index contributed by atoms with van der Waals surface area (Å²) in [4.78, 5) is 0. The molecule has 3 aromatic rings. The smallest absolute Gasteiger partial charge is 0.382 e. The van der Waals surface area contributed by atoms with Gasteiger partial charge in [0.25, 0.3) is 0 Å². The lowest BCUT2D eigenvalue weighted by Crippen LogP contribution is -2.79. The standard InChI is InChI=1S/C27H30O3Si3/c1-7-31(25-19-13-10-16-22(25)4)28-32(8-2,26-20-14-11-17-23(26)5)30-33(9-3,29-31)27-21-15-12-18-24(27)6/h7-21H,1-3H2,4-6H3. The Labute approximate surface area is 200 Å². The fourth-order valence-corrected chi connectivity index (χ4v) is 19.8. The van der Waals surface area contributed by atoms with Crippen molar-refractivity contribution in [1.82, 2.24) is 0 Å². The first kappa shape index (κ1) is 23.6. The summed E-state index contributed by atoms with van der Waals surface area (Å²) in [6.45, 7) is 19.0. The van der Waals surface area contributed by atoms with E-state index in [2.05, 4.69) is 76.9 Å². The van der Waals surface area contributed by atoms with Crippen molar-refractivity contribution in [3.63, 3.8) is 0 Å². The molecular formula is C27H30O3Si3. The summed E-state index contributed by atoms with van der Waals surface area (Å²) >= 11 is 0. The summed E-state index contributed by atoms with van der Waals surface area (Å²) in [5.41, 5.74) is 9.01. The Bertz CT molecular complexity index is 1060. The minimum atomic E-state index is -3.18. The Morgan fingerprint density at radius 1 is 0.485 bits per heavy atom. The highest BCUT2D eigenvalue weighted by molar-refractivity contribution is 7.10. The van der Waals surface area contributed by atoms with E-state index in [1.165, 1.54) is 0 Å². The second-order valence-corrected chi connectivity index (χ2v) is 17.7. The van der Waals surface area contributed by atoms with Crippen LogP contribution in [0.3, 0.4) is 0 Å². The van der Waals surface area contributed by atoms with E-state index in [-0.39, 0.29) is 0 Å². The Hall–Kier alpha value is -2.59. The minimum absolute atomic E-state index is 1.04. The quantitative estimate of drug-likeness (QED) is 0.489. The maximum atomic E-state index is 7.10. The zero-order valence-electron chi connectivity index (χ0n) is 19.5. The lowest BCUT2D eigenvalue weighted by Gasteiger charge is -2.51. The van der Waals surface area contributed by atoms with Gasteiger partial charge < -0.3 is 12.3 Å². The first-order valence-electron chi connectivity index (χ1n) is 11.0. The first-order valence-corrected chi connectivity index (χ1v) is 16.7. The fraction of sp³-hybridized carbons (Fsp3) is 0.111. The second-order valence-electron chi connectivity index (χ2n) is 8.37. The molecule has 1 fully saturated rings. The van der Waals surface area contributed by atoms with Crippen molar-refractivity contribution in [2.45, 2.75) is 20.8 Å². The molecule has 3 nitrogen and oxygen atoms in total. The maximum absolute atomic E-state index is 7.10. The van der Waals surface area contributed by atoms with Gasteiger partial charge in [0.2, 0.25) is 0 Å². The van der Waals surface area contributed by atoms with Crippen LogP contribution < -0.4 is 15.6 Å². The largest absolute Gasteiger partial charge is 0.402 e. The van der Waals surface area contributed by atoms with Gasteiger partial charge in [-0.1, -0.05) is 72.8 Å². The molecule has 0 saturated carbocycles. The molecule has 0 amide bonds. The van der Waals surface area contributed by atoms with Crippen molar-refractivity contribution in [2.75, 3.05) is 0 Å². The third-order valence-corrected chi connectivity index (χ3v) is 19.1. The topological polar surface area (TPSA) is 27.7 Å². The van der Waals surface area contributed by atoms with Crippen molar-refractivity contribution in [3.8, 4) is 0 Å². The second kappa shape index (κ2) is 8.98. The minimum Gasteiger partial charge on any atom is -0.402 e. The molecule has 168 valence electrons. The zero-order valence-corrected chi connectivity index (χ0v) is 22.5. The molecule has 3 aromatic carbocycles. The molecule has 1 heterocycles. The van der Waals surface area contributed by atoms with E-state index in [1.807, 2.05) is 53.5 Å². The van der Waals surface area contributed by atoms with E-state index in [1.54, 1.807) is 0 Å². The van der Waals surface area contributed by atoms with Gasteiger partial charge in [-0.3, -0.25) is 0 Å². The van der Waals surface area contributed by atoms with Gasteiger partial charge in [-0.15, -0.1) is 19.7 Å². The number of rotatable bonds is 6. The molecule has 0 bridgehead atoms. The normalized spacial score (nSPS) is 27.0. The van der Waals surface area contributed by atoms with E-state index in [9.17, 15) is 0 Å². The third-order valence-electron chi connectivity index (χ3n) is 6.28. The van der Waals surface area contributed by atoms with E-state index < -0.39 is 25.7 Å². The molecule has 1 aliphatic heterocycles. The van der Waals surface area contributed by atoms with Gasteiger partial charge in [-0.2, -0.15) is 0 Å². The summed E-state index contributed by atoms with van der Waals surface area (Å²) in [5.74, 6) is 0. The van der Waals surface area contributed by atoms with Crippen LogP contribution in [-0.2, 0) is 12.3 Å². The van der Waals surface area contributed by atoms with E-state index in [4.69, 9.17) is 12.3 Å². The van der Waals surface area contributed by atoms with Crippen LogP contribution in [0.5, 0.6) is 0 Å². The van der Waals surface area contributed by atoms with Crippen molar-refractivity contribution < 1.29 is 12.3 Å². The van der Waals surface area contributed by atoms with Crippen LogP contribution in [0, 0.1) is 20.8 Å². The van der Waals surface area contributed by atoms with Crippen LogP contribution >= 0.6 is 0 Å². The highest BCUT2D eigenvalue weighted by atomic mass is 28.5. The fourth-order valence-electron chi connectivity index (χ4n) is 4.54. The molecule has 6 heteroatoms. The molecule has 0 aliphatic carbocycles. The molecule has 0 atom stereocenters. The summed E-state index contributed by atoms with van der Waals surface area (Å²) in [5, 5.41) is 3.13. The van der Waals surface area contributed by atoms with Crippen molar-refractivity contribution in [3.05, 3.63) is 126 Å². The Balaban J connectivity index is 2.06. The van der Waals surface area contributed by atoms with Gasteiger partial charge in [-0.25, -0.2) is 0 Å². The number of hydrogen-bond acceptors (Lipinski definition) is 3. The van der Waals surface area contributed by atoms with Gasteiger partial charge >= 0.3 is 25.7 Å². The Morgan fingerprint density at radius 2 is 0.727 bits per heavy atom. The SMILES string of the molecule is C=C[Si]1(c2ccccc2C)O[Si](C=C)(c2ccccc2C)O[Si](C=C)(c2ccccc2C)O1. The number of hydrogen-bond donors (Lipinski definition) is 0. The lowest BCUT2D eigenvalue weighted by atomic mass is 10.2. The molecule has 1 saturated heterocycles. The molecule has 4 rings (SSSR count). The van der Waals surface area contributed by atoms with E-state index >= 15 is 0 Å². The summed E-state index contributed by atoms with van der Waals surface area (Å²) < 4.78 is 21.3. The number of benzene rings is 3. The average Bonchev–Trinajstić information content (AvgIpc) is 2.84. The summed E-state index contributed by atoms with van der Waals surface area (Å²) in [6.07, 6.45) is 0. The van der Waals surface area contributed by atoms with Crippen LogP contribution in [0.1, 0.15) is 16.7 Å². The van der Waals surface area contributed by atoms with Crippen molar-refractivity contribution >= 4 is 41.2 Å². The maximum Gasteiger partial charge on any atom is 0.382 e. The summed E-state index contributed by atoms with van der Waals surface area (Å²) in [7, 11) is -9.55. The van der Waals surface area contributed by atoms with E-state index in [0.717, 1.165) is 32.3 Å². The van der Waals surface area contributed by atoms with Crippen molar-refractivity contribution in [2.24, 2.45) is 0 Å². The summed E-state index contributed by atoms with van der Waals surface area (Å²) in [6, 6.07) is 24.7. The third kappa shape index (κ3) is 3.89. The number of aryl methyl sites for hydroxylation is 3. The molecule has 0 N–H and O–H groups in total. The lowest BCUT2D eigenvalue weighted by molar-refractivity contribution is 0.265. The Morgan fingerprint density at radius 3 is 0.939 bits per heavy atom. The predicted octanol–water partition coefficient (Wildman–Crippen LogP) is 4.20. The Kier molecular flexibility index (Phi) is 6.41. The molecule has 0 unspecified atom stereocenters. The predicted molar refractivity (Wildman–Crippen MR) is 144 cm³/mol. The molecule has 0 radical (unpaired) electrons. The van der Waals surface area contributed by atoms with Gasteiger partial charge in [0.05, 0.1) is 0 Å². The zero-order chi connectivity index (χ0) is 23.7. The van der Waals surface area contributed by atoms with Crippen LogP contribution in [-0.4, -0.2) is 25.7 Å². The van der Waals surface area contributed by atoms with E-state index in [0.29, 0.717) is 0 Å². The van der Waals surface area contributed by atoms with Gasteiger partial charge in [0.15, 0.2) is 0 Å².